The van der Waals surface area contributed by atoms with Crippen LogP contribution in [-0.2, 0) is 23.3 Å². The minimum absolute atomic E-state index is 0.104. The molecule has 8 nitrogen and oxygen atoms in total. The molecule has 1 aliphatic heterocycles. The molecule has 0 aliphatic carbocycles. The second-order valence-corrected chi connectivity index (χ2v) is 9.60. The number of nitrogens with zero attached hydrogens (tertiary/aromatic N) is 2. The maximum Gasteiger partial charge on any atom is 0.227 e. The Kier molecular flexibility index (Phi) is 6.61. The van der Waals surface area contributed by atoms with E-state index in [0.717, 1.165) is 17.6 Å². The van der Waals surface area contributed by atoms with E-state index < -0.39 is 16.6 Å². The van der Waals surface area contributed by atoms with Crippen LogP contribution < -0.4 is 10.7 Å². The summed E-state index contributed by atoms with van der Waals surface area (Å²) in [5.41, 5.74) is 1.72. The van der Waals surface area contributed by atoms with Gasteiger partial charge in [0.2, 0.25) is 17.1 Å². The number of rotatable bonds is 7. The quantitative estimate of drug-likeness (QED) is 0.367. The molecule has 186 valence electrons. The summed E-state index contributed by atoms with van der Waals surface area (Å²) in [4.78, 5) is 35.6. The number of likely N-dealkylation sites (tertiary alicyclic amines) is 1. The van der Waals surface area contributed by atoms with Gasteiger partial charge in [-0.3, -0.25) is 14.5 Å². The number of imidazole rings is 1. The molecule has 5 rings (SSSR count). The summed E-state index contributed by atoms with van der Waals surface area (Å²) in [5, 5.41) is 13.6. The molecular weight excluding hydrogens is 456 g/mol. The Bertz CT molecular complexity index is 1390. The molecule has 1 saturated heterocycles. The number of fused-ring (bicyclic) bond motifs is 1. The summed E-state index contributed by atoms with van der Waals surface area (Å²) >= 11 is 0. The molecule has 0 radical (unpaired) electrons. The van der Waals surface area contributed by atoms with Crippen molar-refractivity contribution in [3.63, 3.8) is 0 Å². The van der Waals surface area contributed by atoms with E-state index >= 15 is 0 Å². The first-order valence-corrected chi connectivity index (χ1v) is 12.2. The largest absolute Gasteiger partial charge is 0.502 e. The zero-order valence-electron chi connectivity index (χ0n) is 20.3. The summed E-state index contributed by atoms with van der Waals surface area (Å²) in [6.07, 6.45) is 1.27. The number of aromatic nitrogens is 2. The van der Waals surface area contributed by atoms with Gasteiger partial charge in [-0.25, -0.2) is 4.98 Å². The van der Waals surface area contributed by atoms with Gasteiger partial charge in [0, 0.05) is 24.4 Å². The van der Waals surface area contributed by atoms with Crippen molar-refractivity contribution in [2.75, 3.05) is 13.1 Å². The van der Waals surface area contributed by atoms with Crippen LogP contribution in [-0.4, -0.2) is 39.0 Å². The molecule has 0 spiro atoms. The molecule has 0 atom stereocenters. The summed E-state index contributed by atoms with van der Waals surface area (Å²) in [5.74, 6) is 0.714. The van der Waals surface area contributed by atoms with Gasteiger partial charge in [-0.15, -0.1) is 0 Å². The van der Waals surface area contributed by atoms with Crippen molar-refractivity contribution in [1.82, 2.24) is 20.2 Å². The monoisotopic (exact) mass is 486 g/mol. The lowest BCUT2D eigenvalue weighted by molar-refractivity contribution is -0.123. The number of carbonyl (C=O) groups is 1. The van der Waals surface area contributed by atoms with Crippen molar-refractivity contribution >= 4 is 16.9 Å². The van der Waals surface area contributed by atoms with Crippen LogP contribution in [0.4, 0.5) is 0 Å². The van der Waals surface area contributed by atoms with Crippen LogP contribution in [0.15, 0.2) is 69.9 Å². The Balaban J connectivity index is 1.34. The topological polar surface area (TPSA) is 111 Å². The van der Waals surface area contributed by atoms with Crippen molar-refractivity contribution in [2.24, 2.45) is 0 Å². The smallest absolute Gasteiger partial charge is 0.227 e. The van der Waals surface area contributed by atoms with E-state index in [0.29, 0.717) is 37.5 Å². The average Bonchev–Trinajstić information content (AvgIpc) is 3.30. The molecular formula is C28H30N4O4. The highest BCUT2D eigenvalue weighted by Gasteiger charge is 2.43. The molecule has 1 aliphatic rings. The fraction of sp³-hybridized carbons (Fsp3) is 0.321. The lowest BCUT2D eigenvalue weighted by Gasteiger charge is -2.41. The number of aromatic amines is 1. The molecule has 0 bridgehead atoms. The Hall–Kier alpha value is -3.91. The molecule has 8 heteroatoms. The number of carbonyl (C=O) groups excluding carboxylic acids is 1. The SMILES string of the molecule is Cc1cc(=O)c(O)c(C2(CC(=O)NCc3nc4ccccc4[nH]3)CCN(Cc3ccccc3)CC2)o1. The standard InChI is InChI=1S/C28H30N4O4/c1-19-15-23(33)26(35)27(36-19)28(11-13-32(14-12-28)18-20-7-3-2-4-8-20)16-25(34)29-17-24-30-21-9-5-6-10-22(21)31-24/h2-10,15,35H,11-14,16-18H2,1H3,(H,29,34)(H,30,31). The predicted molar refractivity (Wildman–Crippen MR) is 137 cm³/mol. The van der Waals surface area contributed by atoms with Crippen molar-refractivity contribution in [1.29, 1.82) is 0 Å². The predicted octanol–water partition coefficient (Wildman–Crippen LogP) is 3.77. The van der Waals surface area contributed by atoms with E-state index in [1.54, 1.807) is 6.92 Å². The normalized spacial score (nSPS) is 15.7. The molecule has 36 heavy (non-hydrogen) atoms. The first kappa shape index (κ1) is 23.8. The number of piperidine rings is 1. The van der Waals surface area contributed by atoms with Crippen molar-refractivity contribution < 1.29 is 14.3 Å². The molecule has 1 fully saturated rings. The summed E-state index contributed by atoms with van der Waals surface area (Å²) in [7, 11) is 0. The minimum Gasteiger partial charge on any atom is -0.502 e. The maximum absolute atomic E-state index is 13.2. The third-order valence-electron chi connectivity index (χ3n) is 6.98. The second kappa shape index (κ2) is 9.99. The molecule has 3 heterocycles. The number of aryl methyl sites for hydroxylation is 1. The average molecular weight is 487 g/mol. The number of nitrogens with one attached hydrogen (secondary N) is 2. The third kappa shape index (κ3) is 5.04. The van der Waals surface area contributed by atoms with Gasteiger partial charge < -0.3 is 19.8 Å². The van der Waals surface area contributed by atoms with Crippen LogP contribution in [0.25, 0.3) is 11.0 Å². The molecule has 3 N–H and O–H groups in total. The van der Waals surface area contributed by atoms with Gasteiger partial charge in [-0.2, -0.15) is 0 Å². The molecule has 0 unspecified atom stereocenters. The number of para-hydroxylation sites is 2. The van der Waals surface area contributed by atoms with E-state index in [4.69, 9.17) is 4.42 Å². The lowest BCUT2D eigenvalue weighted by Crippen LogP contribution is -2.45. The minimum atomic E-state index is -0.777. The number of aromatic hydroxyl groups is 1. The Labute approximate surface area is 209 Å². The van der Waals surface area contributed by atoms with Gasteiger partial charge in [0.25, 0.3) is 0 Å². The van der Waals surface area contributed by atoms with E-state index in [9.17, 15) is 14.7 Å². The fourth-order valence-corrected chi connectivity index (χ4v) is 5.07. The van der Waals surface area contributed by atoms with E-state index in [1.807, 2.05) is 42.5 Å². The molecule has 2 aromatic heterocycles. The first-order valence-electron chi connectivity index (χ1n) is 12.2. The van der Waals surface area contributed by atoms with Gasteiger partial charge in [-0.1, -0.05) is 42.5 Å². The van der Waals surface area contributed by atoms with Gasteiger partial charge in [-0.05, 0) is 50.6 Å². The molecule has 2 aromatic carbocycles. The van der Waals surface area contributed by atoms with Crippen molar-refractivity contribution in [2.45, 2.75) is 44.7 Å². The Morgan fingerprint density at radius 3 is 2.61 bits per heavy atom. The van der Waals surface area contributed by atoms with Crippen LogP contribution in [0.3, 0.4) is 0 Å². The van der Waals surface area contributed by atoms with Gasteiger partial charge in [0.15, 0.2) is 5.76 Å². The number of hydrogen-bond donors (Lipinski definition) is 3. The van der Waals surface area contributed by atoms with Crippen molar-refractivity contribution in [3.05, 3.63) is 93.8 Å². The zero-order chi connectivity index (χ0) is 25.1. The third-order valence-corrected chi connectivity index (χ3v) is 6.98. The highest BCUT2D eigenvalue weighted by Crippen LogP contribution is 2.42. The van der Waals surface area contributed by atoms with E-state index in [2.05, 4.69) is 32.3 Å². The van der Waals surface area contributed by atoms with Crippen LogP contribution in [0.5, 0.6) is 5.75 Å². The van der Waals surface area contributed by atoms with Crippen LogP contribution in [0, 0.1) is 6.92 Å². The lowest BCUT2D eigenvalue weighted by atomic mass is 9.72. The van der Waals surface area contributed by atoms with E-state index in [1.165, 1.54) is 11.6 Å². The first-order chi connectivity index (χ1) is 17.4. The van der Waals surface area contributed by atoms with Crippen LogP contribution in [0.1, 0.15) is 42.2 Å². The zero-order valence-corrected chi connectivity index (χ0v) is 20.3. The number of hydrogen-bond acceptors (Lipinski definition) is 6. The fourth-order valence-electron chi connectivity index (χ4n) is 5.07. The number of benzene rings is 2. The van der Waals surface area contributed by atoms with Gasteiger partial charge in [0.05, 0.1) is 17.6 Å². The second-order valence-electron chi connectivity index (χ2n) is 9.60. The van der Waals surface area contributed by atoms with Gasteiger partial charge in [0.1, 0.15) is 11.6 Å². The van der Waals surface area contributed by atoms with Gasteiger partial charge >= 0.3 is 0 Å². The highest BCUT2D eigenvalue weighted by molar-refractivity contribution is 5.78. The van der Waals surface area contributed by atoms with Crippen LogP contribution in [0.2, 0.25) is 0 Å². The summed E-state index contributed by atoms with van der Waals surface area (Å²) in [6, 6.07) is 19.2. The van der Waals surface area contributed by atoms with Crippen molar-refractivity contribution in [3.8, 4) is 5.75 Å². The Morgan fingerprint density at radius 1 is 1.14 bits per heavy atom. The summed E-state index contributed by atoms with van der Waals surface area (Å²) in [6.45, 7) is 4.17. The summed E-state index contributed by atoms with van der Waals surface area (Å²) < 4.78 is 5.92. The highest BCUT2D eigenvalue weighted by atomic mass is 16.4. The number of H-pyrrole nitrogens is 1. The van der Waals surface area contributed by atoms with E-state index in [-0.39, 0.29) is 24.6 Å². The Morgan fingerprint density at radius 2 is 1.86 bits per heavy atom. The molecule has 0 saturated carbocycles. The maximum atomic E-state index is 13.2. The molecule has 1 amide bonds. The van der Waals surface area contributed by atoms with Crippen LogP contribution >= 0.6 is 0 Å². The molecule has 4 aromatic rings. The number of amides is 1.